The number of allylic oxidation sites excluding steroid dienone is 1. The topological polar surface area (TPSA) is 69.0 Å². The van der Waals surface area contributed by atoms with Crippen molar-refractivity contribution in [2.45, 2.75) is 24.5 Å². The Labute approximate surface area is 210 Å². The van der Waals surface area contributed by atoms with Crippen molar-refractivity contribution < 1.29 is 13.9 Å². The summed E-state index contributed by atoms with van der Waals surface area (Å²) in [5, 5.41) is 12.7. The van der Waals surface area contributed by atoms with Crippen LogP contribution in [0.15, 0.2) is 54.2 Å². The maximum absolute atomic E-state index is 13.3. The van der Waals surface area contributed by atoms with Gasteiger partial charge in [-0.1, -0.05) is 52.6 Å². The standard InChI is InChI=1S/C22H20Cl3FN4O2S/c1-2-9-30-20(4-3-10-32-19-8-5-14(23)11-17(19)25)28-29-22(30)33-13-21(31)27-15-6-7-18(26)16(24)12-15/h2,5-8,11-12H,1,3-4,9-10,13H2,(H,27,31). The van der Waals surface area contributed by atoms with E-state index in [2.05, 4.69) is 22.1 Å². The van der Waals surface area contributed by atoms with Gasteiger partial charge in [0.25, 0.3) is 0 Å². The molecule has 0 saturated carbocycles. The van der Waals surface area contributed by atoms with Crippen LogP contribution in [0.4, 0.5) is 10.1 Å². The number of nitrogens with zero attached hydrogens (tertiary/aromatic N) is 3. The van der Waals surface area contributed by atoms with Gasteiger partial charge in [0.15, 0.2) is 5.16 Å². The Balaban J connectivity index is 1.53. The first kappa shape index (κ1) is 25.4. The van der Waals surface area contributed by atoms with Crippen LogP contribution < -0.4 is 10.1 Å². The number of rotatable bonds is 11. The molecule has 1 heterocycles. The second kappa shape index (κ2) is 12.3. The molecule has 0 fully saturated rings. The molecule has 3 aromatic rings. The zero-order chi connectivity index (χ0) is 23.8. The van der Waals surface area contributed by atoms with Gasteiger partial charge in [0.2, 0.25) is 5.91 Å². The first-order valence-corrected chi connectivity index (χ1v) is 12.0. The van der Waals surface area contributed by atoms with Crippen LogP contribution in [0.1, 0.15) is 12.2 Å². The number of thioether (sulfide) groups is 1. The number of anilines is 1. The van der Waals surface area contributed by atoms with Crippen molar-refractivity contribution in [2.24, 2.45) is 0 Å². The molecule has 3 rings (SSSR count). The Morgan fingerprint density at radius 3 is 2.73 bits per heavy atom. The van der Waals surface area contributed by atoms with E-state index in [9.17, 15) is 9.18 Å². The third-order valence-corrected chi connectivity index (χ3v) is 6.12. The van der Waals surface area contributed by atoms with Gasteiger partial charge in [0, 0.05) is 23.7 Å². The molecule has 33 heavy (non-hydrogen) atoms. The molecule has 2 aromatic carbocycles. The van der Waals surface area contributed by atoms with Crippen LogP contribution >= 0.6 is 46.6 Å². The molecule has 0 aliphatic carbocycles. The van der Waals surface area contributed by atoms with Crippen molar-refractivity contribution in [3.63, 3.8) is 0 Å². The van der Waals surface area contributed by atoms with Crippen LogP contribution in [0.3, 0.4) is 0 Å². The summed E-state index contributed by atoms with van der Waals surface area (Å²) in [5.74, 6) is 0.608. The fourth-order valence-corrected chi connectivity index (χ4v) is 4.24. The van der Waals surface area contributed by atoms with Gasteiger partial charge in [0.1, 0.15) is 17.4 Å². The normalized spacial score (nSPS) is 10.8. The van der Waals surface area contributed by atoms with E-state index in [4.69, 9.17) is 39.5 Å². The Morgan fingerprint density at radius 1 is 1.18 bits per heavy atom. The lowest BCUT2D eigenvalue weighted by Gasteiger charge is -2.10. The summed E-state index contributed by atoms with van der Waals surface area (Å²) < 4.78 is 20.9. The maximum Gasteiger partial charge on any atom is 0.234 e. The molecule has 1 aromatic heterocycles. The fourth-order valence-electron chi connectivity index (χ4n) is 2.83. The number of aryl methyl sites for hydroxylation is 1. The first-order valence-electron chi connectivity index (χ1n) is 9.86. The summed E-state index contributed by atoms with van der Waals surface area (Å²) in [6.07, 6.45) is 3.04. The molecule has 1 N–H and O–H groups in total. The van der Waals surface area contributed by atoms with Crippen molar-refractivity contribution >= 4 is 58.2 Å². The lowest BCUT2D eigenvalue weighted by Crippen LogP contribution is -2.15. The van der Waals surface area contributed by atoms with Crippen molar-refractivity contribution in [2.75, 3.05) is 17.7 Å². The monoisotopic (exact) mass is 528 g/mol. The van der Waals surface area contributed by atoms with Gasteiger partial charge in [-0.25, -0.2) is 4.39 Å². The molecule has 0 aliphatic rings. The first-order chi connectivity index (χ1) is 15.9. The van der Waals surface area contributed by atoms with E-state index in [1.807, 2.05) is 4.57 Å². The number of halogens is 4. The van der Waals surface area contributed by atoms with Crippen LogP contribution in [0, 0.1) is 5.82 Å². The Hall–Kier alpha value is -2.26. The minimum Gasteiger partial charge on any atom is -0.492 e. The van der Waals surface area contributed by atoms with Crippen LogP contribution in [-0.2, 0) is 17.8 Å². The van der Waals surface area contributed by atoms with Crippen LogP contribution in [-0.4, -0.2) is 33.0 Å². The summed E-state index contributed by atoms with van der Waals surface area (Å²) in [6.45, 7) is 4.72. The molecular formula is C22H20Cl3FN4O2S. The lowest BCUT2D eigenvalue weighted by molar-refractivity contribution is -0.113. The quantitative estimate of drug-likeness (QED) is 0.179. The largest absolute Gasteiger partial charge is 0.492 e. The van der Waals surface area contributed by atoms with Gasteiger partial charge < -0.3 is 14.6 Å². The minimum atomic E-state index is -0.546. The highest BCUT2D eigenvalue weighted by molar-refractivity contribution is 7.99. The number of carbonyl (C=O) groups excluding carboxylic acids is 1. The van der Waals surface area contributed by atoms with Gasteiger partial charge in [-0.05, 0) is 42.8 Å². The van der Waals surface area contributed by atoms with Crippen molar-refractivity contribution in [3.8, 4) is 5.75 Å². The maximum atomic E-state index is 13.3. The van der Waals surface area contributed by atoms with Crippen LogP contribution in [0.25, 0.3) is 0 Å². The van der Waals surface area contributed by atoms with Crippen molar-refractivity contribution in [3.05, 3.63) is 75.8 Å². The van der Waals surface area contributed by atoms with E-state index >= 15 is 0 Å². The summed E-state index contributed by atoms with van der Waals surface area (Å²) in [4.78, 5) is 12.3. The Bertz CT molecular complexity index is 1140. The molecule has 0 unspecified atom stereocenters. The Kier molecular flexibility index (Phi) is 9.43. The molecule has 0 aliphatic heterocycles. The molecule has 174 valence electrons. The number of amides is 1. The molecule has 0 saturated heterocycles. The lowest BCUT2D eigenvalue weighted by atomic mass is 10.3. The molecular weight excluding hydrogens is 510 g/mol. The average Bonchev–Trinajstić information content (AvgIpc) is 3.15. The predicted octanol–water partition coefficient (Wildman–Crippen LogP) is 6.31. The number of hydrogen-bond donors (Lipinski definition) is 1. The Morgan fingerprint density at radius 2 is 2.00 bits per heavy atom. The third kappa shape index (κ3) is 7.37. The number of nitrogens with one attached hydrogen (secondary N) is 1. The number of hydrogen-bond acceptors (Lipinski definition) is 5. The van der Waals surface area contributed by atoms with Crippen LogP contribution in [0.2, 0.25) is 15.1 Å². The SMILES string of the molecule is C=CCn1c(CCCOc2ccc(Cl)cc2Cl)nnc1SCC(=O)Nc1ccc(F)c(Cl)c1. The fraction of sp³-hybridized carbons (Fsp3) is 0.227. The number of benzene rings is 2. The summed E-state index contributed by atoms with van der Waals surface area (Å²) in [6, 6.07) is 9.07. The van der Waals surface area contributed by atoms with Gasteiger partial charge in [-0.2, -0.15) is 0 Å². The molecule has 11 heteroatoms. The average molecular weight is 530 g/mol. The second-order valence-electron chi connectivity index (χ2n) is 6.79. The minimum absolute atomic E-state index is 0.0573. The third-order valence-electron chi connectivity index (χ3n) is 4.34. The second-order valence-corrected chi connectivity index (χ2v) is 8.98. The van der Waals surface area contributed by atoms with E-state index < -0.39 is 5.82 Å². The molecule has 0 atom stereocenters. The van der Waals surface area contributed by atoms with Gasteiger partial charge >= 0.3 is 0 Å². The summed E-state index contributed by atoms with van der Waals surface area (Å²) in [5.41, 5.74) is 0.418. The predicted molar refractivity (Wildman–Crippen MR) is 131 cm³/mol. The molecule has 1 amide bonds. The van der Waals surface area contributed by atoms with E-state index in [0.717, 1.165) is 5.82 Å². The van der Waals surface area contributed by atoms with E-state index in [1.165, 1.54) is 30.0 Å². The molecule has 0 radical (unpaired) electrons. The molecule has 0 spiro atoms. The number of ether oxygens (including phenoxy) is 1. The summed E-state index contributed by atoms with van der Waals surface area (Å²) in [7, 11) is 0. The van der Waals surface area contributed by atoms with Gasteiger partial charge in [-0.3, -0.25) is 4.79 Å². The van der Waals surface area contributed by atoms with Crippen molar-refractivity contribution in [1.29, 1.82) is 0 Å². The van der Waals surface area contributed by atoms with Gasteiger partial charge in [-0.15, -0.1) is 16.8 Å². The van der Waals surface area contributed by atoms with Crippen molar-refractivity contribution in [1.82, 2.24) is 14.8 Å². The van der Waals surface area contributed by atoms with Crippen LogP contribution in [0.5, 0.6) is 5.75 Å². The molecule has 0 bridgehead atoms. The van der Waals surface area contributed by atoms with Gasteiger partial charge in [0.05, 0.1) is 22.4 Å². The number of carbonyl (C=O) groups is 1. The zero-order valence-corrected chi connectivity index (χ0v) is 20.4. The summed E-state index contributed by atoms with van der Waals surface area (Å²) >= 11 is 19.0. The zero-order valence-electron chi connectivity index (χ0n) is 17.4. The molecule has 6 nitrogen and oxygen atoms in total. The smallest absolute Gasteiger partial charge is 0.234 e. The van der Waals surface area contributed by atoms with E-state index in [-0.39, 0.29) is 16.7 Å². The highest BCUT2D eigenvalue weighted by atomic mass is 35.5. The van der Waals surface area contributed by atoms with E-state index in [0.29, 0.717) is 52.6 Å². The highest BCUT2D eigenvalue weighted by Gasteiger charge is 2.14. The number of aromatic nitrogens is 3. The van der Waals surface area contributed by atoms with E-state index in [1.54, 1.807) is 24.3 Å². The highest BCUT2D eigenvalue weighted by Crippen LogP contribution is 2.27.